The average molecular weight is 225 g/mol. The van der Waals surface area contributed by atoms with Crippen molar-refractivity contribution in [3.05, 3.63) is 11.7 Å². The predicted molar refractivity (Wildman–Crippen MR) is 58.9 cm³/mol. The molecule has 0 aromatic carbocycles. The third kappa shape index (κ3) is 3.90. The van der Waals surface area contributed by atoms with Crippen molar-refractivity contribution in [2.75, 3.05) is 20.3 Å². The lowest BCUT2D eigenvalue weighted by Gasteiger charge is -1.97. The molecule has 0 aliphatic heterocycles. The molecule has 5 nitrogen and oxygen atoms in total. The second-order valence-corrected chi connectivity index (χ2v) is 4.27. The van der Waals surface area contributed by atoms with Gasteiger partial charge in [-0.3, -0.25) is 0 Å². The van der Waals surface area contributed by atoms with Crippen LogP contribution in [0.25, 0.3) is 0 Å². The summed E-state index contributed by atoms with van der Waals surface area (Å²) in [6.45, 7) is 2.50. The van der Waals surface area contributed by atoms with Gasteiger partial charge in [-0.1, -0.05) is 5.16 Å². The quantitative estimate of drug-likeness (QED) is 0.672. The molecule has 1 fully saturated rings. The number of hydrogen-bond acceptors (Lipinski definition) is 5. The molecule has 90 valence electrons. The van der Waals surface area contributed by atoms with Crippen LogP contribution >= 0.6 is 0 Å². The van der Waals surface area contributed by atoms with E-state index < -0.39 is 0 Å². The average Bonchev–Trinajstić information content (AvgIpc) is 2.99. The number of ether oxygens (including phenoxy) is 1. The van der Waals surface area contributed by atoms with Crippen LogP contribution in [0.4, 0.5) is 0 Å². The van der Waals surface area contributed by atoms with E-state index in [1.807, 2.05) is 0 Å². The van der Waals surface area contributed by atoms with Gasteiger partial charge in [0.05, 0.1) is 6.54 Å². The lowest BCUT2D eigenvalue weighted by Crippen LogP contribution is -2.16. The second kappa shape index (κ2) is 5.96. The third-order valence-electron chi connectivity index (χ3n) is 2.67. The minimum absolute atomic E-state index is 0.688. The molecule has 0 atom stereocenters. The van der Waals surface area contributed by atoms with Crippen LogP contribution in [0, 0.1) is 5.92 Å². The Bertz CT molecular complexity index is 310. The van der Waals surface area contributed by atoms with E-state index in [1.165, 1.54) is 12.8 Å². The van der Waals surface area contributed by atoms with Crippen LogP contribution in [0.5, 0.6) is 0 Å². The predicted octanol–water partition coefficient (Wildman–Crippen LogP) is 1.15. The van der Waals surface area contributed by atoms with Crippen molar-refractivity contribution in [3.63, 3.8) is 0 Å². The highest BCUT2D eigenvalue weighted by Gasteiger charge is 2.20. The Morgan fingerprint density at radius 1 is 1.50 bits per heavy atom. The van der Waals surface area contributed by atoms with Gasteiger partial charge in [0.2, 0.25) is 5.89 Å². The summed E-state index contributed by atoms with van der Waals surface area (Å²) in [5.41, 5.74) is 0. The summed E-state index contributed by atoms with van der Waals surface area (Å²) < 4.78 is 10.1. The van der Waals surface area contributed by atoms with Crippen LogP contribution in [0.1, 0.15) is 31.0 Å². The van der Waals surface area contributed by atoms with Crippen molar-refractivity contribution in [3.8, 4) is 0 Å². The number of rotatable bonds is 8. The normalized spacial score (nSPS) is 15.6. The monoisotopic (exact) mass is 225 g/mol. The summed E-state index contributed by atoms with van der Waals surface area (Å²) >= 11 is 0. The van der Waals surface area contributed by atoms with Crippen LogP contribution < -0.4 is 5.32 Å². The summed E-state index contributed by atoms with van der Waals surface area (Å²) in [6.07, 6.45) is 4.48. The molecular formula is C11H19N3O2. The smallest absolute Gasteiger partial charge is 0.240 e. The van der Waals surface area contributed by atoms with E-state index >= 15 is 0 Å². The highest BCUT2D eigenvalue weighted by Crippen LogP contribution is 2.27. The first-order chi connectivity index (χ1) is 7.88. The Morgan fingerprint density at radius 2 is 2.38 bits per heavy atom. The Labute approximate surface area is 95.6 Å². The van der Waals surface area contributed by atoms with Crippen molar-refractivity contribution in [2.45, 2.75) is 32.2 Å². The summed E-state index contributed by atoms with van der Waals surface area (Å²) in [7, 11) is 1.70. The van der Waals surface area contributed by atoms with Crippen LogP contribution in [-0.2, 0) is 17.7 Å². The topological polar surface area (TPSA) is 60.2 Å². The second-order valence-electron chi connectivity index (χ2n) is 4.27. The molecule has 5 heteroatoms. The molecule has 1 aromatic rings. The van der Waals surface area contributed by atoms with Gasteiger partial charge in [0.25, 0.3) is 0 Å². The number of hydrogen-bond donors (Lipinski definition) is 1. The van der Waals surface area contributed by atoms with Gasteiger partial charge in [-0.15, -0.1) is 0 Å². The van der Waals surface area contributed by atoms with Crippen molar-refractivity contribution in [1.82, 2.24) is 15.5 Å². The van der Waals surface area contributed by atoms with Gasteiger partial charge in [-0.25, -0.2) is 0 Å². The molecule has 2 rings (SSSR count). The minimum atomic E-state index is 0.688. The number of methoxy groups -OCH3 is 1. The van der Waals surface area contributed by atoms with E-state index in [1.54, 1.807) is 7.11 Å². The molecule has 0 radical (unpaired) electrons. The van der Waals surface area contributed by atoms with Crippen molar-refractivity contribution < 1.29 is 9.26 Å². The summed E-state index contributed by atoms with van der Waals surface area (Å²) in [5.74, 6) is 2.34. The molecular weight excluding hydrogens is 206 g/mol. The Balaban J connectivity index is 1.64. The molecule has 0 amide bonds. The van der Waals surface area contributed by atoms with E-state index in [4.69, 9.17) is 9.26 Å². The Morgan fingerprint density at radius 3 is 3.12 bits per heavy atom. The first-order valence-electron chi connectivity index (χ1n) is 5.89. The Kier molecular flexibility index (Phi) is 4.30. The number of nitrogens with one attached hydrogen (secondary N) is 1. The maximum absolute atomic E-state index is 5.13. The number of nitrogens with zero attached hydrogens (tertiary/aromatic N) is 2. The number of aromatic nitrogens is 2. The lowest BCUT2D eigenvalue weighted by molar-refractivity contribution is 0.194. The van der Waals surface area contributed by atoms with E-state index in [2.05, 4.69) is 15.5 Å². The van der Waals surface area contributed by atoms with Gasteiger partial charge >= 0.3 is 0 Å². The standard InChI is InChI=1S/C11H19N3O2/c1-15-6-2-3-10-13-11(16-14-10)8-12-7-9-4-5-9/h9,12H,2-8H2,1H3. The molecule has 1 heterocycles. The maximum Gasteiger partial charge on any atom is 0.240 e. The van der Waals surface area contributed by atoms with E-state index in [0.29, 0.717) is 12.4 Å². The first-order valence-corrected chi connectivity index (χ1v) is 5.89. The summed E-state index contributed by atoms with van der Waals surface area (Å²) in [6, 6.07) is 0. The zero-order valence-corrected chi connectivity index (χ0v) is 9.74. The third-order valence-corrected chi connectivity index (χ3v) is 2.67. The van der Waals surface area contributed by atoms with Crippen LogP contribution in [-0.4, -0.2) is 30.4 Å². The molecule has 1 saturated carbocycles. The van der Waals surface area contributed by atoms with Crippen LogP contribution in [0.3, 0.4) is 0 Å². The van der Waals surface area contributed by atoms with Crippen LogP contribution in [0.2, 0.25) is 0 Å². The maximum atomic E-state index is 5.13. The first kappa shape index (κ1) is 11.5. The molecule has 1 aromatic heterocycles. The molecule has 0 unspecified atom stereocenters. The highest BCUT2D eigenvalue weighted by atomic mass is 16.5. The van der Waals surface area contributed by atoms with Crippen molar-refractivity contribution >= 4 is 0 Å². The molecule has 1 aliphatic carbocycles. The van der Waals surface area contributed by atoms with E-state index in [0.717, 1.165) is 37.7 Å². The molecule has 0 saturated heterocycles. The fourth-order valence-electron chi connectivity index (χ4n) is 1.54. The largest absolute Gasteiger partial charge is 0.385 e. The van der Waals surface area contributed by atoms with Gasteiger partial charge in [0.1, 0.15) is 0 Å². The van der Waals surface area contributed by atoms with Gasteiger partial charge < -0.3 is 14.6 Å². The van der Waals surface area contributed by atoms with Crippen LogP contribution in [0.15, 0.2) is 4.52 Å². The Hall–Kier alpha value is -0.940. The van der Waals surface area contributed by atoms with Crippen molar-refractivity contribution in [2.24, 2.45) is 5.92 Å². The fraction of sp³-hybridized carbons (Fsp3) is 0.818. The van der Waals surface area contributed by atoms with E-state index in [-0.39, 0.29) is 0 Å². The zero-order chi connectivity index (χ0) is 11.2. The molecule has 1 aliphatic rings. The SMILES string of the molecule is COCCCc1noc(CNCC2CC2)n1. The molecule has 0 bridgehead atoms. The molecule has 1 N–H and O–H groups in total. The lowest BCUT2D eigenvalue weighted by atomic mass is 10.3. The summed E-state index contributed by atoms with van der Waals surface area (Å²) in [5, 5.41) is 7.24. The zero-order valence-electron chi connectivity index (χ0n) is 9.74. The molecule has 16 heavy (non-hydrogen) atoms. The fourth-order valence-corrected chi connectivity index (χ4v) is 1.54. The van der Waals surface area contributed by atoms with Crippen molar-refractivity contribution in [1.29, 1.82) is 0 Å². The van der Waals surface area contributed by atoms with Gasteiger partial charge in [0, 0.05) is 20.1 Å². The van der Waals surface area contributed by atoms with Gasteiger partial charge in [-0.2, -0.15) is 4.98 Å². The van der Waals surface area contributed by atoms with Gasteiger partial charge in [-0.05, 0) is 31.7 Å². The van der Waals surface area contributed by atoms with E-state index in [9.17, 15) is 0 Å². The summed E-state index contributed by atoms with van der Waals surface area (Å²) in [4.78, 5) is 4.30. The highest BCUT2D eigenvalue weighted by molar-refractivity contribution is 4.86. The molecule has 0 spiro atoms. The minimum Gasteiger partial charge on any atom is -0.385 e. The van der Waals surface area contributed by atoms with Gasteiger partial charge in [0.15, 0.2) is 5.82 Å². The number of aryl methyl sites for hydroxylation is 1.